The Hall–Kier alpha value is -1.66. The Morgan fingerprint density at radius 2 is 1.45 bits per heavy atom. The maximum absolute atomic E-state index is 2.36. The maximum atomic E-state index is 2.36. The van der Waals surface area contributed by atoms with Gasteiger partial charge in [-0.15, -0.1) is 0 Å². The van der Waals surface area contributed by atoms with Crippen LogP contribution in [0.1, 0.15) is 24.5 Å². The van der Waals surface area contributed by atoms with Gasteiger partial charge in [-0.25, -0.2) is 0 Å². The third-order valence-corrected chi connectivity index (χ3v) is 9.06. The van der Waals surface area contributed by atoms with Gasteiger partial charge in [0.05, 0.1) is 0 Å². The molecule has 3 heteroatoms. The zero-order valence-electron chi connectivity index (χ0n) is 16.1. The third-order valence-electron chi connectivity index (χ3n) is 5.47. The summed E-state index contributed by atoms with van der Waals surface area (Å²) in [6.07, 6.45) is 8.03. The number of allylic oxidation sites excluding steroid dienone is 4. The average molecular weight is 495 g/mol. The van der Waals surface area contributed by atoms with Crippen LogP contribution >= 0.6 is 0 Å². The molecule has 142 valence electrons. The molecular formula is C26H20Cl2Zr. The van der Waals surface area contributed by atoms with Crippen LogP contribution in [0, 0.1) is 0 Å². The van der Waals surface area contributed by atoms with E-state index >= 15 is 0 Å². The summed E-state index contributed by atoms with van der Waals surface area (Å²) in [6.45, 7) is 2.27. The third kappa shape index (κ3) is 4.02. The monoisotopic (exact) mass is 492 g/mol. The van der Waals surface area contributed by atoms with Crippen molar-refractivity contribution in [3.8, 4) is 11.1 Å². The molecule has 0 spiro atoms. The SMILES string of the molecule is CC(c1ccccc1)=c1cccc2c1=[C]([Zr+2][C]1=CC=CC1)c1ccccc1-2.[Cl-].[Cl-]. The Balaban J connectivity index is 0.00000120. The minimum Gasteiger partial charge on any atom is -1.00 e. The molecule has 0 fully saturated rings. The van der Waals surface area contributed by atoms with E-state index in [1.54, 1.807) is 6.56 Å². The van der Waals surface area contributed by atoms with Gasteiger partial charge in [-0.1, -0.05) is 0 Å². The Kier molecular flexibility index (Phi) is 7.17. The van der Waals surface area contributed by atoms with Crippen LogP contribution in [0.15, 0.2) is 94.3 Å². The topological polar surface area (TPSA) is 0 Å². The van der Waals surface area contributed by atoms with Gasteiger partial charge in [0.2, 0.25) is 0 Å². The first kappa shape index (κ1) is 22.0. The van der Waals surface area contributed by atoms with Crippen molar-refractivity contribution in [1.82, 2.24) is 0 Å². The quantitative estimate of drug-likeness (QED) is 0.438. The predicted octanol–water partition coefficient (Wildman–Crippen LogP) is -1.02. The Morgan fingerprint density at radius 3 is 2.17 bits per heavy atom. The van der Waals surface area contributed by atoms with E-state index in [4.69, 9.17) is 0 Å². The van der Waals surface area contributed by atoms with E-state index in [1.165, 1.54) is 38.3 Å². The Bertz CT molecular complexity index is 1220. The van der Waals surface area contributed by atoms with Gasteiger partial charge in [-0.3, -0.25) is 0 Å². The first-order valence-electron chi connectivity index (χ1n) is 9.45. The molecule has 0 N–H and O–H groups in total. The molecule has 0 saturated carbocycles. The normalized spacial score (nSPS) is 14.1. The largest absolute Gasteiger partial charge is 1.00 e. The molecular weight excluding hydrogens is 474 g/mol. The fourth-order valence-electron chi connectivity index (χ4n) is 4.10. The van der Waals surface area contributed by atoms with Crippen molar-refractivity contribution in [3.05, 3.63) is 116 Å². The molecule has 0 radical (unpaired) electrons. The number of hydrogen-bond donors (Lipinski definition) is 0. The van der Waals surface area contributed by atoms with Crippen LogP contribution in [0.25, 0.3) is 20.0 Å². The number of fused-ring (bicyclic) bond motifs is 3. The Labute approximate surface area is 196 Å². The second-order valence-electron chi connectivity index (χ2n) is 7.09. The number of benzene rings is 3. The molecule has 0 aliphatic heterocycles. The van der Waals surface area contributed by atoms with Crippen molar-refractivity contribution in [2.24, 2.45) is 0 Å². The van der Waals surface area contributed by atoms with Crippen LogP contribution in [0.3, 0.4) is 0 Å². The standard InChI is InChI=1S/C21H15.C5H5.2ClH.Zr/c1-15(16-8-3-2-4-9-16)18-12-7-13-20-19-11-6-5-10-17(19)14-21(18)20;1-2-4-5-3-1;;;/h2-13H,1H3;1-3H,4H2;2*1H;/q;;;;+2/p-2. The van der Waals surface area contributed by atoms with E-state index in [0.717, 1.165) is 6.42 Å². The van der Waals surface area contributed by atoms with Gasteiger partial charge in [-0.2, -0.15) is 0 Å². The first-order valence-corrected chi connectivity index (χ1v) is 11.9. The summed E-state index contributed by atoms with van der Waals surface area (Å²) in [4.78, 5) is 0. The number of hydrogen-bond acceptors (Lipinski definition) is 0. The molecule has 0 heterocycles. The van der Waals surface area contributed by atoms with Gasteiger partial charge in [0.15, 0.2) is 0 Å². The van der Waals surface area contributed by atoms with Gasteiger partial charge in [0, 0.05) is 0 Å². The molecule has 0 bridgehead atoms. The van der Waals surface area contributed by atoms with Crippen LogP contribution in [0.4, 0.5) is 0 Å². The summed E-state index contributed by atoms with van der Waals surface area (Å²) in [5.41, 5.74) is 6.99. The van der Waals surface area contributed by atoms with Gasteiger partial charge < -0.3 is 24.8 Å². The fourth-order valence-corrected chi connectivity index (χ4v) is 7.71. The maximum Gasteiger partial charge on any atom is -1.00 e. The molecule has 0 amide bonds. The van der Waals surface area contributed by atoms with Gasteiger partial charge in [-0.05, 0) is 0 Å². The van der Waals surface area contributed by atoms with Crippen molar-refractivity contribution < 1.29 is 48.0 Å². The molecule has 0 atom stereocenters. The summed E-state index contributed by atoms with van der Waals surface area (Å²) in [5.74, 6) is 0. The van der Waals surface area contributed by atoms with E-state index < -0.39 is 23.2 Å². The second kappa shape index (κ2) is 9.44. The summed E-state index contributed by atoms with van der Waals surface area (Å²) < 4.78 is 3.31. The van der Waals surface area contributed by atoms with Crippen molar-refractivity contribution in [3.63, 3.8) is 0 Å². The second-order valence-corrected chi connectivity index (χ2v) is 10.5. The molecule has 29 heavy (non-hydrogen) atoms. The minimum atomic E-state index is -0.822. The number of rotatable bonds is 3. The van der Waals surface area contributed by atoms with Crippen molar-refractivity contribution in [2.75, 3.05) is 0 Å². The molecule has 0 saturated heterocycles. The van der Waals surface area contributed by atoms with Crippen LogP contribution in [0.2, 0.25) is 0 Å². The van der Waals surface area contributed by atoms with E-state index in [1.807, 2.05) is 0 Å². The fraction of sp³-hybridized carbons (Fsp3) is 0.0769. The molecule has 0 unspecified atom stereocenters. The van der Waals surface area contributed by atoms with Gasteiger partial charge >= 0.3 is 172 Å². The molecule has 5 rings (SSSR count). The van der Waals surface area contributed by atoms with Crippen molar-refractivity contribution in [2.45, 2.75) is 13.3 Å². The summed E-state index contributed by atoms with van der Waals surface area (Å²) >= 11 is -0.822. The van der Waals surface area contributed by atoms with E-state index in [2.05, 4.69) is 97.9 Å². The van der Waals surface area contributed by atoms with Crippen molar-refractivity contribution in [1.29, 1.82) is 0 Å². The Morgan fingerprint density at radius 1 is 0.759 bits per heavy atom. The molecule has 0 aromatic heterocycles. The van der Waals surface area contributed by atoms with Gasteiger partial charge in [0.1, 0.15) is 0 Å². The van der Waals surface area contributed by atoms with Crippen LogP contribution < -0.4 is 35.3 Å². The van der Waals surface area contributed by atoms with Gasteiger partial charge in [0.25, 0.3) is 0 Å². The first-order chi connectivity index (χ1) is 13.3. The molecule has 3 aromatic carbocycles. The minimum absolute atomic E-state index is 0. The summed E-state index contributed by atoms with van der Waals surface area (Å²) in [5, 5.41) is 2.90. The average Bonchev–Trinajstić information content (AvgIpc) is 3.35. The predicted molar refractivity (Wildman–Crippen MR) is 110 cm³/mol. The van der Waals surface area contributed by atoms with Crippen molar-refractivity contribution >= 4 is 8.85 Å². The molecule has 2 aliphatic rings. The van der Waals surface area contributed by atoms with Crippen LogP contribution in [-0.4, -0.2) is 0 Å². The van der Waals surface area contributed by atoms with E-state index in [0.29, 0.717) is 0 Å². The zero-order chi connectivity index (χ0) is 18.2. The van der Waals surface area contributed by atoms with E-state index in [9.17, 15) is 0 Å². The summed E-state index contributed by atoms with van der Waals surface area (Å²) in [7, 11) is 0. The molecule has 0 nitrogen and oxygen atoms in total. The summed E-state index contributed by atoms with van der Waals surface area (Å²) in [6, 6.07) is 26.6. The molecule has 3 aromatic rings. The van der Waals surface area contributed by atoms with Crippen LogP contribution in [-0.2, 0) is 23.2 Å². The molecule has 2 aliphatic carbocycles. The number of halogens is 2. The zero-order valence-corrected chi connectivity index (χ0v) is 20.1. The van der Waals surface area contributed by atoms with Crippen LogP contribution in [0.5, 0.6) is 0 Å². The van der Waals surface area contributed by atoms with E-state index in [-0.39, 0.29) is 24.8 Å². The smallest absolute Gasteiger partial charge is 1.00 e.